The number of benzene rings is 1. The minimum atomic E-state index is -0.861. The molecule has 6 heteroatoms. The molecule has 0 radical (unpaired) electrons. The molecule has 0 aliphatic carbocycles. The van der Waals surface area contributed by atoms with Gasteiger partial charge in [-0.05, 0) is 31.5 Å². The Morgan fingerprint density at radius 1 is 1.23 bits per heavy atom. The normalized spacial score (nSPS) is 11.9. The quantitative estimate of drug-likeness (QED) is 0.807. The van der Waals surface area contributed by atoms with Crippen LogP contribution >= 0.6 is 12.4 Å². The maximum Gasteiger partial charge on any atom is 0.304 e. The van der Waals surface area contributed by atoms with E-state index in [2.05, 4.69) is 19.2 Å². The standard InChI is InChI=1S/C16H24N2O3.ClH/c1-11(2)13-7-5-6-8-14(13)17-16(21)12(3)18(4)10-9-15(19)20;/h5-8,11-12H,9-10H2,1-4H3,(H,17,21)(H,19,20);1H. The van der Waals surface area contributed by atoms with Gasteiger partial charge in [0.2, 0.25) is 5.91 Å². The average Bonchev–Trinajstić information content (AvgIpc) is 2.44. The molecule has 0 heterocycles. The highest BCUT2D eigenvalue weighted by molar-refractivity contribution is 5.95. The Bertz CT molecular complexity index is 506. The maximum atomic E-state index is 12.3. The molecule has 22 heavy (non-hydrogen) atoms. The van der Waals surface area contributed by atoms with Crippen LogP contribution in [-0.4, -0.2) is 41.5 Å². The van der Waals surface area contributed by atoms with E-state index in [1.807, 2.05) is 24.3 Å². The Balaban J connectivity index is 0.00000441. The summed E-state index contributed by atoms with van der Waals surface area (Å²) in [5.41, 5.74) is 1.90. The van der Waals surface area contributed by atoms with E-state index in [0.717, 1.165) is 11.3 Å². The lowest BCUT2D eigenvalue weighted by Gasteiger charge is -2.24. The summed E-state index contributed by atoms with van der Waals surface area (Å²) in [4.78, 5) is 24.6. The van der Waals surface area contributed by atoms with Crippen LogP contribution in [0.25, 0.3) is 0 Å². The second-order valence-electron chi connectivity index (χ2n) is 5.53. The number of halogens is 1. The van der Waals surface area contributed by atoms with E-state index >= 15 is 0 Å². The largest absolute Gasteiger partial charge is 0.481 e. The lowest BCUT2D eigenvalue weighted by molar-refractivity contribution is -0.137. The fraction of sp³-hybridized carbons (Fsp3) is 0.500. The van der Waals surface area contributed by atoms with Crippen LogP contribution in [0.2, 0.25) is 0 Å². The van der Waals surface area contributed by atoms with Crippen molar-refractivity contribution in [3.8, 4) is 0 Å². The second-order valence-corrected chi connectivity index (χ2v) is 5.53. The predicted octanol–water partition coefficient (Wildman–Crippen LogP) is 2.97. The van der Waals surface area contributed by atoms with Gasteiger partial charge in [-0.3, -0.25) is 14.5 Å². The van der Waals surface area contributed by atoms with Crippen molar-refractivity contribution < 1.29 is 14.7 Å². The highest BCUT2D eigenvalue weighted by atomic mass is 35.5. The molecule has 1 rings (SSSR count). The van der Waals surface area contributed by atoms with Crippen molar-refractivity contribution in [2.45, 2.75) is 39.2 Å². The SMILES string of the molecule is CC(C)c1ccccc1NC(=O)C(C)N(C)CCC(=O)O.Cl. The summed E-state index contributed by atoms with van der Waals surface area (Å²) < 4.78 is 0. The van der Waals surface area contributed by atoms with E-state index in [4.69, 9.17) is 5.11 Å². The topological polar surface area (TPSA) is 69.6 Å². The summed E-state index contributed by atoms with van der Waals surface area (Å²) in [6.07, 6.45) is 0.0245. The van der Waals surface area contributed by atoms with Crippen LogP contribution < -0.4 is 5.32 Å². The number of carbonyl (C=O) groups is 2. The van der Waals surface area contributed by atoms with Gasteiger partial charge in [-0.1, -0.05) is 32.0 Å². The van der Waals surface area contributed by atoms with Gasteiger partial charge < -0.3 is 10.4 Å². The first-order valence-corrected chi connectivity index (χ1v) is 7.14. The van der Waals surface area contributed by atoms with E-state index in [9.17, 15) is 9.59 Å². The molecule has 1 amide bonds. The van der Waals surface area contributed by atoms with Crippen molar-refractivity contribution >= 4 is 30.0 Å². The van der Waals surface area contributed by atoms with Crippen molar-refractivity contribution in [2.24, 2.45) is 0 Å². The summed E-state index contributed by atoms with van der Waals surface area (Å²) in [5.74, 6) is -0.669. The molecular weight excluding hydrogens is 304 g/mol. The lowest BCUT2D eigenvalue weighted by atomic mass is 10.0. The molecule has 0 aromatic heterocycles. The molecular formula is C16H25ClN2O3. The Morgan fingerprint density at radius 3 is 2.36 bits per heavy atom. The summed E-state index contributed by atoms with van der Waals surface area (Å²) in [6, 6.07) is 7.34. The van der Waals surface area contributed by atoms with Gasteiger partial charge in [0, 0.05) is 12.2 Å². The highest BCUT2D eigenvalue weighted by Gasteiger charge is 2.19. The molecule has 1 aromatic rings. The predicted molar refractivity (Wildman–Crippen MR) is 90.8 cm³/mol. The number of hydrogen-bond acceptors (Lipinski definition) is 3. The van der Waals surface area contributed by atoms with Crippen LogP contribution in [0.5, 0.6) is 0 Å². The third-order valence-corrected chi connectivity index (χ3v) is 3.56. The zero-order valence-corrected chi connectivity index (χ0v) is 14.3. The van der Waals surface area contributed by atoms with E-state index in [1.165, 1.54) is 0 Å². The van der Waals surface area contributed by atoms with Gasteiger partial charge in [-0.2, -0.15) is 0 Å². The molecule has 1 unspecified atom stereocenters. The lowest BCUT2D eigenvalue weighted by Crippen LogP contribution is -2.40. The molecule has 1 atom stereocenters. The molecule has 1 aromatic carbocycles. The number of amides is 1. The van der Waals surface area contributed by atoms with Crippen molar-refractivity contribution in [3.63, 3.8) is 0 Å². The molecule has 0 fully saturated rings. The number of nitrogens with one attached hydrogen (secondary N) is 1. The molecule has 5 nitrogen and oxygen atoms in total. The van der Waals surface area contributed by atoms with Gasteiger partial charge in [0.15, 0.2) is 0 Å². The number of hydrogen-bond donors (Lipinski definition) is 2. The Labute approximate surface area is 138 Å². The first kappa shape index (κ1) is 20.4. The minimum absolute atomic E-state index is 0. The van der Waals surface area contributed by atoms with Crippen LogP contribution in [0.4, 0.5) is 5.69 Å². The monoisotopic (exact) mass is 328 g/mol. The van der Waals surface area contributed by atoms with Crippen molar-refractivity contribution in [3.05, 3.63) is 29.8 Å². The molecule has 124 valence electrons. The number of rotatable bonds is 7. The summed E-state index contributed by atoms with van der Waals surface area (Å²) >= 11 is 0. The van der Waals surface area contributed by atoms with Gasteiger partial charge in [0.1, 0.15) is 0 Å². The number of anilines is 1. The summed E-state index contributed by atoms with van der Waals surface area (Å²) in [7, 11) is 1.75. The maximum absolute atomic E-state index is 12.3. The molecule has 0 aliphatic heterocycles. The van der Waals surface area contributed by atoms with Crippen LogP contribution in [0.3, 0.4) is 0 Å². The third kappa shape index (κ3) is 6.03. The third-order valence-electron chi connectivity index (χ3n) is 3.56. The average molecular weight is 329 g/mol. The molecule has 2 N–H and O–H groups in total. The molecule has 0 aliphatic rings. The highest BCUT2D eigenvalue weighted by Crippen LogP contribution is 2.23. The summed E-state index contributed by atoms with van der Waals surface area (Å²) in [6.45, 7) is 6.27. The van der Waals surface area contributed by atoms with Gasteiger partial charge >= 0.3 is 5.97 Å². The number of likely N-dealkylation sites (N-methyl/N-ethyl adjacent to an activating group) is 1. The zero-order valence-electron chi connectivity index (χ0n) is 13.5. The van der Waals surface area contributed by atoms with Gasteiger partial charge in [-0.25, -0.2) is 0 Å². The van der Waals surface area contributed by atoms with Crippen LogP contribution in [0, 0.1) is 0 Å². The Kier molecular flexibility index (Phi) is 8.75. The van der Waals surface area contributed by atoms with Gasteiger partial charge in [-0.15, -0.1) is 12.4 Å². The van der Waals surface area contributed by atoms with Crippen LogP contribution in [0.15, 0.2) is 24.3 Å². The van der Waals surface area contributed by atoms with E-state index in [1.54, 1.807) is 18.9 Å². The minimum Gasteiger partial charge on any atom is -0.481 e. The number of carbonyl (C=O) groups excluding carboxylic acids is 1. The van der Waals surface area contributed by atoms with Crippen molar-refractivity contribution in [1.82, 2.24) is 4.90 Å². The summed E-state index contributed by atoms with van der Waals surface area (Å²) in [5, 5.41) is 11.6. The molecule has 0 saturated heterocycles. The Morgan fingerprint density at radius 2 is 1.82 bits per heavy atom. The van der Waals surface area contributed by atoms with E-state index in [0.29, 0.717) is 12.5 Å². The molecule has 0 spiro atoms. The zero-order chi connectivity index (χ0) is 16.0. The molecule has 0 saturated carbocycles. The smallest absolute Gasteiger partial charge is 0.304 e. The number of carboxylic acids is 1. The van der Waals surface area contributed by atoms with Crippen LogP contribution in [-0.2, 0) is 9.59 Å². The van der Waals surface area contributed by atoms with Gasteiger partial charge in [0.05, 0.1) is 12.5 Å². The van der Waals surface area contributed by atoms with E-state index < -0.39 is 5.97 Å². The van der Waals surface area contributed by atoms with E-state index in [-0.39, 0.29) is 30.8 Å². The second kappa shape index (κ2) is 9.43. The van der Waals surface area contributed by atoms with Crippen molar-refractivity contribution in [2.75, 3.05) is 18.9 Å². The number of para-hydroxylation sites is 1. The Hall–Kier alpha value is -1.59. The first-order chi connectivity index (χ1) is 9.82. The first-order valence-electron chi connectivity index (χ1n) is 7.14. The number of carboxylic acid groups (broad SMARTS) is 1. The molecule has 0 bridgehead atoms. The van der Waals surface area contributed by atoms with Gasteiger partial charge in [0.25, 0.3) is 0 Å². The fourth-order valence-electron chi connectivity index (χ4n) is 2.02. The van der Waals surface area contributed by atoms with Crippen molar-refractivity contribution in [1.29, 1.82) is 0 Å². The fourth-order valence-corrected chi connectivity index (χ4v) is 2.02. The number of aliphatic carboxylic acids is 1. The van der Waals surface area contributed by atoms with Crippen LogP contribution in [0.1, 0.15) is 38.7 Å². The number of nitrogens with zero attached hydrogens (tertiary/aromatic N) is 1.